The number of amides is 1. The number of nitrogens with zero attached hydrogens (tertiary/aromatic N) is 3. The van der Waals surface area contributed by atoms with Gasteiger partial charge in [0.05, 0.1) is 0 Å². The van der Waals surface area contributed by atoms with Crippen molar-refractivity contribution in [3.05, 3.63) is 41.9 Å². The summed E-state index contributed by atoms with van der Waals surface area (Å²) in [6, 6.07) is 7.04. The average molecular weight is 265 g/mol. The predicted octanol–water partition coefficient (Wildman–Crippen LogP) is 2.35. The number of hydrogen-bond acceptors (Lipinski definition) is 3. The van der Waals surface area contributed by atoms with Crippen molar-refractivity contribution in [2.24, 2.45) is 0 Å². The molecule has 0 aliphatic carbocycles. The van der Waals surface area contributed by atoms with Crippen molar-refractivity contribution in [1.82, 2.24) is 14.8 Å². The first kappa shape index (κ1) is 12.6. The molecule has 1 heterocycles. The van der Waals surface area contributed by atoms with E-state index in [1.165, 1.54) is 6.33 Å². The predicted molar refractivity (Wildman–Crippen MR) is 69.3 cm³/mol. The minimum atomic E-state index is -0.0163. The van der Waals surface area contributed by atoms with Gasteiger partial charge in [-0.15, -0.1) is 0 Å². The Bertz CT molecular complexity index is 495. The molecule has 2 aromatic rings. The van der Waals surface area contributed by atoms with Crippen LogP contribution in [0.25, 0.3) is 0 Å². The molecule has 0 spiro atoms. The number of nitrogens with one attached hydrogen (secondary N) is 1. The van der Waals surface area contributed by atoms with Crippen LogP contribution in [0.2, 0.25) is 5.02 Å². The highest BCUT2D eigenvalue weighted by atomic mass is 35.5. The summed E-state index contributed by atoms with van der Waals surface area (Å²) in [6.07, 6.45) is 4.29. The number of anilines is 1. The third-order valence-corrected chi connectivity index (χ3v) is 2.64. The molecule has 0 fully saturated rings. The fourth-order valence-corrected chi connectivity index (χ4v) is 1.63. The van der Waals surface area contributed by atoms with Crippen LogP contribution in [0.5, 0.6) is 0 Å². The minimum Gasteiger partial charge on any atom is -0.326 e. The number of benzene rings is 1. The molecular weight excluding hydrogens is 252 g/mol. The second-order valence-electron chi connectivity index (χ2n) is 3.82. The number of carbonyl (C=O) groups excluding carboxylic acids is 1. The standard InChI is InChI=1S/C12H13ClN4O/c13-10-3-5-11(6-4-10)16-12(18)2-1-7-17-9-14-8-15-17/h3-6,8-9H,1-2,7H2,(H,16,18). The lowest BCUT2D eigenvalue weighted by Gasteiger charge is -2.05. The van der Waals surface area contributed by atoms with Gasteiger partial charge in [0.2, 0.25) is 5.91 Å². The van der Waals surface area contributed by atoms with Crippen LogP contribution in [0.4, 0.5) is 5.69 Å². The van der Waals surface area contributed by atoms with E-state index in [4.69, 9.17) is 11.6 Å². The summed E-state index contributed by atoms with van der Waals surface area (Å²) in [5.74, 6) is -0.0163. The highest BCUT2D eigenvalue weighted by Crippen LogP contribution is 2.13. The van der Waals surface area contributed by atoms with E-state index in [-0.39, 0.29) is 5.91 Å². The van der Waals surface area contributed by atoms with Gasteiger partial charge < -0.3 is 5.32 Å². The van der Waals surface area contributed by atoms with E-state index in [0.29, 0.717) is 18.0 Å². The lowest BCUT2D eigenvalue weighted by atomic mass is 10.2. The summed E-state index contributed by atoms with van der Waals surface area (Å²) in [6.45, 7) is 0.689. The van der Waals surface area contributed by atoms with E-state index < -0.39 is 0 Å². The summed E-state index contributed by atoms with van der Waals surface area (Å²) in [5, 5.41) is 7.42. The van der Waals surface area contributed by atoms with Gasteiger partial charge in [-0.3, -0.25) is 9.48 Å². The van der Waals surface area contributed by atoms with E-state index in [0.717, 1.165) is 12.1 Å². The molecule has 0 radical (unpaired) electrons. The number of rotatable bonds is 5. The Labute approximate surface area is 110 Å². The van der Waals surface area contributed by atoms with Gasteiger partial charge in [-0.2, -0.15) is 5.10 Å². The quantitative estimate of drug-likeness (QED) is 0.902. The van der Waals surface area contributed by atoms with E-state index in [1.807, 2.05) is 0 Å². The van der Waals surface area contributed by atoms with Gasteiger partial charge in [0.25, 0.3) is 0 Å². The first-order valence-electron chi connectivity index (χ1n) is 5.62. The van der Waals surface area contributed by atoms with Crippen LogP contribution in [-0.2, 0) is 11.3 Å². The zero-order chi connectivity index (χ0) is 12.8. The molecule has 0 aliphatic heterocycles. The smallest absolute Gasteiger partial charge is 0.224 e. The van der Waals surface area contributed by atoms with Crippen molar-refractivity contribution in [2.75, 3.05) is 5.32 Å². The van der Waals surface area contributed by atoms with Gasteiger partial charge in [-0.05, 0) is 30.7 Å². The Morgan fingerprint density at radius 1 is 1.33 bits per heavy atom. The van der Waals surface area contributed by atoms with Crippen molar-refractivity contribution < 1.29 is 4.79 Å². The minimum absolute atomic E-state index is 0.0163. The number of halogens is 1. The first-order valence-corrected chi connectivity index (χ1v) is 6.00. The van der Waals surface area contributed by atoms with E-state index in [9.17, 15) is 4.79 Å². The fraction of sp³-hybridized carbons (Fsp3) is 0.250. The maximum absolute atomic E-state index is 11.6. The Morgan fingerprint density at radius 2 is 2.11 bits per heavy atom. The molecule has 1 aromatic carbocycles. The molecule has 18 heavy (non-hydrogen) atoms. The number of carbonyl (C=O) groups is 1. The molecule has 0 bridgehead atoms. The number of aromatic nitrogens is 3. The molecular formula is C12H13ClN4O. The first-order chi connectivity index (χ1) is 8.74. The molecule has 6 heteroatoms. The highest BCUT2D eigenvalue weighted by Gasteiger charge is 2.02. The molecule has 0 atom stereocenters. The second kappa shape index (κ2) is 6.16. The zero-order valence-electron chi connectivity index (χ0n) is 9.71. The summed E-state index contributed by atoms with van der Waals surface area (Å²) in [4.78, 5) is 15.5. The van der Waals surface area contributed by atoms with Gasteiger partial charge in [-0.25, -0.2) is 4.98 Å². The molecule has 2 rings (SSSR count). The zero-order valence-corrected chi connectivity index (χ0v) is 10.5. The maximum Gasteiger partial charge on any atom is 0.224 e. The molecule has 0 aliphatic rings. The van der Waals surface area contributed by atoms with E-state index in [1.54, 1.807) is 35.3 Å². The van der Waals surface area contributed by atoms with Crippen LogP contribution in [-0.4, -0.2) is 20.7 Å². The third-order valence-electron chi connectivity index (χ3n) is 2.39. The summed E-state index contributed by atoms with van der Waals surface area (Å²) in [7, 11) is 0. The largest absolute Gasteiger partial charge is 0.326 e. The van der Waals surface area contributed by atoms with Crippen LogP contribution in [0.15, 0.2) is 36.9 Å². The number of hydrogen-bond donors (Lipinski definition) is 1. The van der Waals surface area contributed by atoms with Crippen LogP contribution in [0.3, 0.4) is 0 Å². The summed E-state index contributed by atoms with van der Waals surface area (Å²) < 4.78 is 1.70. The number of aryl methyl sites for hydroxylation is 1. The Kier molecular flexibility index (Phi) is 4.30. The van der Waals surface area contributed by atoms with Crippen molar-refractivity contribution >= 4 is 23.2 Å². The Morgan fingerprint density at radius 3 is 2.78 bits per heavy atom. The molecule has 0 saturated heterocycles. The topological polar surface area (TPSA) is 59.8 Å². The molecule has 1 aromatic heterocycles. The van der Waals surface area contributed by atoms with Crippen molar-refractivity contribution in [1.29, 1.82) is 0 Å². The maximum atomic E-state index is 11.6. The highest BCUT2D eigenvalue weighted by molar-refractivity contribution is 6.30. The van der Waals surface area contributed by atoms with Gasteiger partial charge in [0.1, 0.15) is 12.7 Å². The van der Waals surface area contributed by atoms with Crippen LogP contribution in [0.1, 0.15) is 12.8 Å². The van der Waals surface area contributed by atoms with Crippen LogP contribution in [0, 0.1) is 0 Å². The molecule has 0 saturated carbocycles. The SMILES string of the molecule is O=C(CCCn1cncn1)Nc1ccc(Cl)cc1. The average Bonchev–Trinajstić information content (AvgIpc) is 2.85. The third kappa shape index (κ3) is 3.85. The van der Waals surface area contributed by atoms with Gasteiger partial charge in [-0.1, -0.05) is 11.6 Å². The van der Waals surface area contributed by atoms with Crippen LogP contribution >= 0.6 is 11.6 Å². The molecule has 1 amide bonds. The van der Waals surface area contributed by atoms with Crippen molar-refractivity contribution in [3.63, 3.8) is 0 Å². The summed E-state index contributed by atoms with van der Waals surface area (Å²) >= 11 is 5.76. The second-order valence-corrected chi connectivity index (χ2v) is 4.25. The fourth-order valence-electron chi connectivity index (χ4n) is 1.51. The van der Waals surface area contributed by atoms with Crippen LogP contribution < -0.4 is 5.32 Å². The van der Waals surface area contributed by atoms with E-state index in [2.05, 4.69) is 15.4 Å². The Hall–Kier alpha value is -1.88. The van der Waals surface area contributed by atoms with Crippen molar-refractivity contribution in [3.8, 4) is 0 Å². The monoisotopic (exact) mass is 264 g/mol. The summed E-state index contributed by atoms with van der Waals surface area (Å²) in [5.41, 5.74) is 0.755. The van der Waals surface area contributed by atoms with Gasteiger partial charge in [0, 0.05) is 23.7 Å². The molecule has 0 unspecified atom stereocenters. The Balaban J connectivity index is 1.73. The lowest BCUT2D eigenvalue weighted by Crippen LogP contribution is -2.12. The molecule has 1 N–H and O–H groups in total. The van der Waals surface area contributed by atoms with E-state index >= 15 is 0 Å². The molecule has 94 valence electrons. The normalized spacial score (nSPS) is 10.3. The molecule has 5 nitrogen and oxygen atoms in total. The van der Waals surface area contributed by atoms with Crippen molar-refractivity contribution in [2.45, 2.75) is 19.4 Å². The van der Waals surface area contributed by atoms with Gasteiger partial charge in [0.15, 0.2) is 0 Å². The van der Waals surface area contributed by atoms with Gasteiger partial charge >= 0.3 is 0 Å². The lowest BCUT2D eigenvalue weighted by molar-refractivity contribution is -0.116.